The fourth-order valence-corrected chi connectivity index (χ4v) is 4.37. The molecule has 1 unspecified atom stereocenters. The predicted octanol–water partition coefficient (Wildman–Crippen LogP) is 2.89. The van der Waals surface area contributed by atoms with E-state index in [1.165, 1.54) is 0 Å². The SMILES string of the molecule is COCCN1CCCC2(CCN(Cc3cc4ccccc4o3)C2)C1=O. The van der Waals surface area contributed by atoms with E-state index in [4.69, 9.17) is 9.15 Å². The van der Waals surface area contributed by atoms with E-state index in [-0.39, 0.29) is 5.41 Å². The van der Waals surface area contributed by atoms with Crippen molar-refractivity contribution in [2.24, 2.45) is 5.41 Å². The number of rotatable bonds is 5. The molecule has 1 atom stereocenters. The van der Waals surface area contributed by atoms with Gasteiger partial charge in [-0.05, 0) is 37.9 Å². The molecule has 134 valence electrons. The molecule has 0 N–H and O–H groups in total. The topological polar surface area (TPSA) is 45.9 Å². The lowest BCUT2D eigenvalue weighted by Crippen LogP contribution is -2.50. The van der Waals surface area contributed by atoms with Gasteiger partial charge in [-0.1, -0.05) is 18.2 Å². The summed E-state index contributed by atoms with van der Waals surface area (Å²) in [5, 5.41) is 1.14. The first-order valence-electron chi connectivity index (χ1n) is 9.18. The maximum Gasteiger partial charge on any atom is 0.230 e. The largest absolute Gasteiger partial charge is 0.460 e. The van der Waals surface area contributed by atoms with Gasteiger partial charge in [0.25, 0.3) is 0 Å². The Labute approximate surface area is 148 Å². The number of benzene rings is 1. The van der Waals surface area contributed by atoms with Crippen LogP contribution in [0.15, 0.2) is 34.7 Å². The summed E-state index contributed by atoms with van der Waals surface area (Å²) in [7, 11) is 1.69. The van der Waals surface area contributed by atoms with Gasteiger partial charge >= 0.3 is 0 Å². The molecule has 0 aliphatic carbocycles. The van der Waals surface area contributed by atoms with Crippen molar-refractivity contribution in [1.29, 1.82) is 0 Å². The number of methoxy groups -OCH3 is 1. The zero-order chi connectivity index (χ0) is 17.3. The molecule has 1 amide bonds. The lowest BCUT2D eigenvalue weighted by Gasteiger charge is -2.39. The first kappa shape index (κ1) is 16.6. The molecule has 0 radical (unpaired) electrons. The number of carbonyl (C=O) groups excluding carboxylic acids is 1. The number of nitrogens with zero attached hydrogens (tertiary/aromatic N) is 2. The summed E-state index contributed by atoms with van der Waals surface area (Å²) in [6, 6.07) is 10.2. The van der Waals surface area contributed by atoms with Crippen molar-refractivity contribution >= 4 is 16.9 Å². The molecule has 25 heavy (non-hydrogen) atoms. The zero-order valence-corrected chi connectivity index (χ0v) is 14.9. The number of carbonyl (C=O) groups is 1. The van der Waals surface area contributed by atoms with Gasteiger partial charge in [0, 0.05) is 32.1 Å². The van der Waals surface area contributed by atoms with E-state index in [0.29, 0.717) is 19.1 Å². The molecular weight excluding hydrogens is 316 g/mol. The number of hydrogen-bond acceptors (Lipinski definition) is 4. The number of piperidine rings is 1. The van der Waals surface area contributed by atoms with Gasteiger partial charge in [-0.2, -0.15) is 0 Å². The van der Waals surface area contributed by atoms with Crippen LogP contribution in [-0.2, 0) is 16.1 Å². The number of fused-ring (bicyclic) bond motifs is 1. The number of hydrogen-bond donors (Lipinski definition) is 0. The van der Waals surface area contributed by atoms with Crippen LogP contribution in [0.25, 0.3) is 11.0 Å². The van der Waals surface area contributed by atoms with E-state index in [1.807, 2.05) is 23.1 Å². The number of para-hydroxylation sites is 1. The molecular formula is C20H26N2O3. The molecule has 2 aromatic rings. The van der Waals surface area contributed by atoms with Crippen LogP contribution in [0.1, 0.15) is 25.0 Å². The maximum atomic E-state index is 13.0. The first-order valence-corrected chi connectivity index (χ1v) is 9.18. The molecule has 0 bridgehead atoms. The van der Waals surface area contributed by atoms with E-state index in [2.05, 4.69) is 17.0 Å². The van der Waals surface area contributed by atoms with Crippen LogP contribution in [0.3, 0.4) is 0 Å². The minimum Gasteiger partial charge on any atom is -0.460 e. The monoisotopic (exact) mass is 342 g/mol. The Morgan fingerprint density at radius 3 is 2.96 bits per heavy atom. The van der Waals surface area contributed by atoms with Gasteiger partial charge in [0.05, 0.1) is 18.6 Å². The average molecular weight is 342 g/mol. The molecule has 2 aliphatic heterocycles. The van der Waals surface area contributed by atoms with Crippen molar-refractivity contribution in [3.05, 3.63) is 36.1 Å². The molecule has 2 aliphatic rings. The number of ether oxygens (including phenoxy) is 1. The van der Waals surface area contributed by atoms with Crippen LogP contribution in [0, 0.1) is 5.41 Å². The van der Waals surface area contributed by atoms with Gasteiger partial charge in [-0.15, -0.1) is 0 Å². The highest BCUT2D eigenvalue weighted by Crippen LogP contribution is 2.40. The summed E-state index contributed by atoms with van der Waals surface area (Å²) in [5.41, 5.74) is 0.740. The highest BCUT2D eigenvalue weighted by molar-refractivity contribution is 5.84. The predicted molar refractivity (Wildman–Crippen MR) is 96.2 cm³/mol. The van der Waals surface area contributed by atoms with Gasteiger partial charge in [0.15, 0.2) is 0 Å². The minimum absolute atomic E-state index is 0.196. The van der Waals surface area contributed by atoms with Gasteiger partial charge < -0.3 is 14.1 Å². The van der Waals surface area contributed by atoms with Gasteiger partial charge in [0.2, 0.25) is 5.91 Å². The van der Waals surface area contributed by atoms with E-state index in [1.54, 1.807) is 7.11 Å². The van der Waals surface area contributed by atoms with Crippen molar-refractivity contribution in [3.8, 4) is 0 Å². The summed E-state index contributed by atoms with van der Waals surface area (Å²) >= 11 is 0. The van der Waals surface area contributed by atoms with Gasteiger partial charge in [-0.25, -0.2) is 0 Å². The normalized spacial score (nSPS) is 24.7. The Kier molecular flexibility index (Phi) is 4.52. The number of amides is 1. The summed E-state index contributed by atoms with van der Waals surface area (Å²) in [5.74, 6) is 1.31. The van der Waals surface area contributed by atoms with E-state index in [9.17, 15) is 4.79 Å². The van der Waals surface area contributed by atoms with Crippen LogP contribution in [-0.4, -0.2) is 55.6 Å². The molecule has 1 spiro atoms. The summed E-state index contributed by atoms with van der Waals surface area (Å²) < 4.78 is 11.1. The summed E-state index contributed by atoms with van der Waals surface area (Å²) in [6.07, 6.45) is 3.05. The molecule has 2 saturated heterocycles. The third-order valence-corrected chi connectivity index (χ3v) is 5.68. The molecule has 0 saturated carbocycles. The zero-order valence-electron chi connectivity index (χ0n) is 14.9. The standard InChI is InChI=1S/C20H26N2O3/c1-24-12-11-22-9-4-7-20(19(22)23)8-10-21(15-20)14-17-13-16-5-2-3-6-18(16)25-17/h2-3,5-6,13H,4,7-12,14-15H2,1H3. The highest BCUT2D eigenvalue weighted by Gasteiger charge is 2.48. The van der Waals surface area contributed by atoms with Gasteiger partial charge in [0.1, 0.15) is 11.3 Å². The molecule has 1 aromatic carbocycles. The second-order valence-electron chi connectivity index (χ2n) is 7.38. The molecule has 3 heterocycles. The molecule has 2 fully saturated rings. The Bertz CT molecular complexity index is 723. The maximum absolute atomic E-state index is 13.0. The van der Waals surface area contributed by atoms with Crippen molar-refractivity contribution in [2.75, 3.05) is 39.9 Å². The first-order chi connectivity index (χ1) is 12.2. The smallest absolute Gasteiger partial charge is 0.230 e. The van der Waals surface area contributed by atoms with Crippen LogP contribution in [0.4, 0.5) is 0 Å². The Morgan fingerprint density at radius 2 is 2.12 bits per heavy atom. The molecule has 1 aromatic heterocycles. The summed E-state index contributed by atoms with van der Waals surface area (Å²) in [4.78, 5) is 17.4. The molecule has 4 rings (SSSR count). The lowest BCUT2D eigenvalue weighted by atomic mass is 9.78. The number of furan rings is 1. The van der Waals surface area contributed by atoms with E-state index in [0.717, 1.165) is 62.2 Å². The second kappa shape index (κ2) is 6.81. The van der Waals surface area contributed by atoms with Gasteiger partial charge in [-0.3, -0.25) is 9.69 Å². The molecule has 5 nitrogen and oxygen atoms in total. The average Bonchev–Trinajstić information content (AvgIpc) is 3.21. The van der Waals surface area contributed by atoms with Crippen molar-refractivity contribution in [2.45, 2.75) is 25.8 Å². The van der Waals surface area contributed by atoms with E-state index < -0.39 is 0 Å². The lowest BCUT2D eigenvalue weighted by molar-refractivity contribution is -0.146. The number of likely N-dealkylation sites (tertiary alicyclic amines) is 2. The third-order valence-electron chi connectivity index (χ3n) is 5.68. The minimum atomic E-state index is -0.196. The Balaban J connectivity index is 1.44. The highest BCUT2D eigenvalue weighted by atomic mass is 16.5. The third kappa shape index (κ3) is 3.18. The Morgan fingerprint density at radius 1 is 1.24 bits per heavy atom. The van der Waals surface area contributed by atoms with Crippen LogP contribution in [0.5, 0.6) is 0 Å². The van der Waals surface area contributed by atoms with Crippen LogP contribution >= 0.6 is 0 Å². The van der Waals surface area contributed by atoms with Crippen molar-refractivity contribution in [3.63, 3.8) is 0 Å². The fraction of sp³-hybridized carbons (Fsp3) is 0.550. The van der Waals surface area contributed by atoms with Crippen molar-refractivity contribution < 1.29 is 13.9 Å². The van der Waals surface area contributed by atoms with Crippen LogP contribution in [0.2, 0.25) is 0 Å². The Hall–Kier alpha value is -1.85. The summed E-state index contributed by atoms with van der Waals surface area (Å²) in [6.45, 7) is 4.77. The fourth-order valence-electron chi connectivity index (χ4n) is 4.37. The second-order valence-corrected chi connectivity index (χ2v) is 7.38. The quantitative estimate of drug-likeness (QED) is 0.838. The molecule has 5 heteroatoms. The van der Waals surface area contributed by atoms with E-state index >= 15 is 0 Å². The van der Waals surface area contributed by atoms with Crippen molar-refractivity contribution in [1.82, 2.24) is 9.80 Å². The van der Waals surface area contributed by atoms with Crippen LogP contribution < -0.4 is 0 Å².